The van der Waals surface area contributed by atoms with E-state index < -0.39 is 24.1 Å². The summed E-state index contributed by atoms with van der Waals surface area (Å²) >= 11 is 0. The van der Waals surface area contributed by atoms with Gasteiger partial charge in [0.15, 0.2) is 0 Å². The number of nitrogens with zero attached hydrogens (tertiary/aromatic N) is 2. The Hall–Kier alpha value is -2.85. The lowest BCUT2D eigenvalue weighted by molar-refractivity contribution is -0.141. The Morgan fingerprint density at radius 2 is 2.04 bits per heavy atom. The van der Waals surface area contributed by atoms with Gasteiger partial charge in [-0.15, -0.1) is 0 Å². The summed E-state index contributed by atoms with van der Waals surface area (Å²) in [5.74, 6) is -0.431. The normalized spacial score (nSPS) is 22.1. The van der Waals surface area contributed by atoms with Crippen LogP contribution in [0, 0.1) is 0 Å². The van der Waals surface area contributed by atoms with Gasteiger partial charge in [-0.25, -0.2) is 15.1 Å². The summed E-state index contributed by atoms with van der Waals surface area (Å²) in [4.78, 5) is 47.9. The topological polar surface area (TPSA) is 120 Å². The molecule has 1 aromatic rings. The van der Waals surface area contributed by atoms with Crippen LogP contribution in [0.4, 0.5) is 9.59 Å². The van der Waals surface area contributed by atoms with Gasteiger partial charge in [0.2, 0.25) is 0 Å². The van der Waals surface area contributed by atoms with Crippen LogP contribution in [0.15, 0.2) is 30.3 Å². The van der Waals surface area contributed by atoms with Crippen LogP contribution in [-0.2, 0) is 21.1 Å². The number of carbonyl (C=O) groups excluding carboxylic acids is 2. The molecule has 0 aliphatic carbocycles. The molecule has 10 nitrogen and oxygen atoms in total. The van der Waals surface area contributed by atoms with E-state index in [2.05, 4.69) is 10.8 Å². The molecule has 0 spiro atoms. The van der Waals surface area contributed by atoms with E-state index in [1.165, 1.54) is 9.96 Å². The van der Waals surface area contributed by atoms with Crippen LogP contribution in [-0.4, -0.2) is 64.4 Å². The number of amides is 4. The second kappa shape index (κ2) is 8.89. The van der Waals surface area contributed by atoms with Gasteiger partial charge in [-0.2, -0.15) is 5.06 Å². The molecule has 0 radical (unpaired) electrons. The van der Waals surface area contributed by atoms with Crippen LogP contribution in [0.5, 0.6) is 0 Å². The van der Waals surface area contributed by atoms with Crippen molar-refractivity contribution in [3.63, 3.8) is 0 Å². The Bertz CT molecular complexity index is 715. The van der Waals surface area contributed by atoms with E-state index in [9.17, 15) is 14.4 Å². The van der Waals surface area contributed by atoms with Gasteiger partial charge in [0.05, 0.1) is 18.7 Å². The smallest absolute Gasteiger partial charge is 0.404 e. The van der Waals surface area contributed by atoms with Gasteiger partial charge in [-0.1, -0.05) is 30.3 Å². The van der Waals surface area contributed by atoms with Crippen molar-refractivity contribution < 1.29 is 29.2 Å². The molecule has 2 aliphatic rings. The van der Waals surface area contributed by atoms with Crippen LogP contribution >= 0.6 is 0 Å². The number of rotatable bonds is 8. The first-order chi connectivity index (χ1) is 13.5. The lowest BCUT2D eigenvalue weighted by Gasteiger charge is -2.29. The summed E-state index contributed by atoms with van der Waals surface area (Å²) < 4.78 is 0. The predicted molar refractivity (Wildman–Crippen MR) is 96.7 cm³/mol. The zero-order chi connectivity index (χ0) is 20.1. The van der Waals surface area contributed by atoms with E-state index in [-0.39, 0.29) is 25.3 Å². The molecule has 2 fully saturated rings. The lowest BCUT2D eigenvalue weighted by Crippen LogP contribution is -2.50. The van der Waals surface area contributed by atoms with Gasteiger partial charge in [0, 0.05) is 6.54 Å². The maximum absolute atomic E-state index is 12.7. The summed E-state index contributed by atoms with van der Waals surface area (Å²) in [7, 11) is 0. The number of carbonyl (C=O) groups is 3. The monoisotopic (exact) mass is 392 g/mol. The van der Waals surface area contributed by atoms with Crippen molar-refractivity contribution in [3.05, 3.63) is 35.9 Å². The molecule has 3 rings (SSSR count). The standard InChI is InChI=1S/C18H24N4O6/c1-12(19-17(24)25)10-27-20-16(23)15-8-7-14-9-21(15)18(26)22(14)28-11-13-5-3-2-4-6-13/h2-6,12,14-15,19H,7-11H2,1H3,(H,20,23)(H,24,25)/t12?,14?,15-/m0/s1. The second-order valence-corrected chi connectivity index (χ2v) is 6.89. The summed E-state index contributed by atoms with van der Waals surface area (Å²) in [5, 5.41) is 12.2. The first kappa shape index (κ1) is 19.9. The van der Waals surface area contributed by atoms with Crippen LogP contribution in [0.25, 0.3) is 0 Å². The number of fused-ring (bicyclic) bond motifs is 2. The van der Waals surface area contributed by atoms with Crippen molar-refractivity contribution in [2.75, 3.05) is 13.2 Å². The van der Waals surface area contributed by atoms with E-state index in [0.29, 0.717) is 19.4 Å². The predicted octanol–water partition coefficient (Wildman–Crippen LogP) is 1.09. The molecule has 3 N–H and O–H groups in total. The van der Waals surface area contributed by atoms with Crippen molar-refractivity contribution in [1.29, 1.82) is 0 Å². The van der Waals surface area contributed by atoms with Crippen molar-refractivity contribution >= 4 is 18.0 Å². The van der Waals surface area contributed by atoms with Gasteiger partial charge < -0.3 is 15.3 Å². The van der Waals surface area contributed by atoms with Crippen molar-refractivity contribution in [2.45, 2.75) is 44.5 Å². The molecule has 1 aromatic carbocycles. The maximum atomic E-state index is 12.7. The molecule has 28 heavy (non-hydrogen) atoms. The van der Waals surface area contributed by atoms with Gasteiger partial charge in [-0.05, 0) is 25.3 Å². The number of hydroxylamine groups is 3. The summed E-state index contributed by atoms with van der Waals surface area (Å²) in [5.41, 5.74) is 3.26. The van der Waals surface area contributed by atoms with Crippen LogP contribution in [0.1, 0.15) is 25.3 Å². The zero-order valence-corrected chi connectivity index (χ0v) is 15.5. The fraction of sp³-hybridized carbons (Fsp3) is 0.500. The van der Waals surface area contributed by atoms with Gasteiger partial charge in [0.25, 0.3) is 5.91 Å². The zero-order valence-electron chi connectivity index (χ0n) is 15.5. The minimum Gasteiger partial charge on any atom is -0.465 e. The van der Waals surface area contributed by atoms with Gasteiger partial charge >= 0.3 is 12.1 Å². The van der Waals surface area contributed by atoms with Gasteiger partial charge in [-0.3, -0.25) is 14.5 Å². The molecule has 2 saturated heterocycles. The summed E-state index contributed by atoms with van der Waals surface area (Å²) in [6.45, 7) is 2.29. The van der Waals surface area contributed by atoms with Crippen LogP contribution < -0.4 is 10.8 Å². The van der Waals surface area contributed by atoms with E-state index in [0.717, 1.165) is 5.56 Å². The Balaban J connectivity index is 1.49. The molecule has 4 amide bonds. The fourth-order valence-corrected chi connectivity index (χ4v) is 3.35. The van der Waals surface area contributed by atoms with E-state index in [1.807, 2.05) is 30.3 Å². The van der Waals surface area contributed by atoms with Crippen molar-refractivity contribution in [1.82, 2.24) is 20.8 Å². The fourth-order valence-electron chi connectivity index (χ4n) is 3.35. The number of hydrogen-bond acceptors (Lipinski definition) is 5. The molecule has 0 saturated carbocycles. The highest BCUT2D eigenvalue weighted by molar-refractivity contribution is 5.88. The third kappa shape index (κ3) is 4.70. The Labute approximate surface area is 162 Å². The molecular weight excluding hydrogens is 368 g/mol. The van der Waals surface area contributed by atoms with Crippen molar-refractivity contribution in [3.8, 4) is 0 Å². The molecule has 2 heterocycles. The molecule has 2 aliphatic heterocycles. The molecule has 152 valence electrons. The van der Waals surface area contributed by atoms with Crippen molar-refractivity contribution in [2.24, 2.45) is 0 Å². The molecule has 10 heteroatoms. The average Bonchev–Trinajstić information content (AvgIpc) is 2.90. The Morgan fingerprint density at radius 1 is 1.29 bits per heavy atom. The molecular formula is C18H24N4O6. The Kier molecular flexibility index (Phi) is 6.32. The molecule has 2 bridgehead atoms. The number of benzene rings is 1. The van der Waals surface area contributed by atoms with Crippen LogP contribution in [0.3, 0.4) is 0 Å². The minimum atomic E-state index is -1.17. The minimum absolute atomic E-state index is 0.0202. The number of nitrogens with one attached hydrogen (secondary N) is 2. The number of carboxylic acid groups (broad SMARTS) is 1. The summed E-state index contributed by atoms with van der Waals surface area (Å²) in [6.07, 6.45) is -0.0229. The van der Waals surface area contributed by atoms with E-state index >= 15 is 0 Å². The maximum Gasteiger partial charge on any atom is 0.404 e. The SMILES string of the molecule is CC(CONC(=O)[C@@H]1CCC2CN1C(=O)N2OCc1ccccc1)NC(=O)O. The lowest BCUT2D eigenvalue weighted by atomic mass is 10.0. The highest BCUT2D eigenvalue weighted by atomic mass is 16.7. The first-order valence-corrected chi connectivity index (χ1v) is 9.13. The second-order valence-electron chi connectivity index (χ2n) is 6.89. The number of hydrogen-bond donors (Lipinski definition) is 3. The quantitative estimate of drug-likeness (QED) is 0.570. The Morgan fingerprint density at radius 3 is 2.75 bits per heavy atom. The number of piperidine rings is 1. The van der Waals surface area contributed by atoms with Crippen LogP contribution in [0.2, 0.25) is 0 Å². The third-order valence-electron chi connectivity index (χ3n) is 4.71. The average molecular weight is 392 g/mol. The first-order valence-electron chi connectivity index (χ1n) is 9.13. The molecule has 0 aromatic heterocycles. The van der Waals surface area contributed by atoms with E-state index in [4.69, 9.17) is 14.8 Å². The summed E-state index contributed by atoms with van der Waals surface area (Å²) in [6, 6.07) is 8.01. The molecule has 3 atom stereocenters. The molecule has 2 unspecified atom stereocenters. The van der Waals surface area contributed by atoms with Gasteiger partial charge in [0.1, 0.15) is 12.6 Å². The third-order valence-corrected chi connectivity index (χ3v) is 4.71. The highest BCUT2D eigenvalue weighted by Gasteiger charge is 2.48. The van der Waals surface area contributed by atoms with E-state index in [1.54, 1.807) is 6.92 Å². The highest BCUT2D eigenvalue weighted by Crippen LogP contribution is 2.30. The largest absolute Gasteiger partial charge is 0.465 e. The number of urea groups is 1.